The topological polar surface area (TPSA) is 75.6 Å². The van der Waals surface area contributed by atoms with Gasteiger partial charge in [-0.3, -0.25) is 4.79 Å². The van der Waals surface area contributed by atoms with Crippen LogP contribution in [0.25, 0.3) is 0 Å². The number of hydrogen-bond acceptors (Lipinski definition) is 3. The number of carboxylic acid groups (broad SMARTS) is 1. The van der Waals surface area contributed by atoms with Crippen LogP contribution in [0.15, 0.2) is 0 Å². The number of carbonyl (C=O) groups is 2. The molecule has 1 saturated carbocycles. The van der Waals surface area contributed by atoms with Gasteiger partial charge in [0.2, 0.25) is 5.92 Å². The Labute approximate surface area is 103 Å². The lowest BCUT2D eigenvalue weighted by Crippen LogP contribution is -2.39. The number of alkyl halides is 2. The number of ether oxygens (including phenoxy) is 1. The second-order valence-electron chi connectivity index (χ2n) is 4.51. The minimum atomic E-state index is -2.69. The van der Waals surface area contributed by atoms with Gasteiger partial charge in [0, 0.05) is 19.4 Å². The third kappa shape index (κ3) is 4.12. The van der Waals surface area contributed by atoms with Crippen molar-refractivity contribution in [2.45, 2.75) is 31.6 Å². The number of halogens is 2. The van der Waals surface area contributed by atoms with Crippen LogP contribution in [-0.2, 0) is 9.53 Å². The van der Waals surface area contributed by atoms with Gasteiger partial charge in [0.05, 0.1) is 13.0 Å². The summed E-state index contributed by atoms with van der Waals surface area (Å²) in [5.74, 6) is -4.95. The van der Waals surface area contributed by atoms with E-state index in [1.807, 2.05) is 0 Å². The summed E-state index contributed by atoms with van der Waals surface area (Å²) >= 11 is 0. The number of alkyl carbamates (subject to hydrolysis) is 1. The first-order valence-corrected chi connectivity index (χ1v) is 5.78. The highest BCUT2D eigenvalue weighted by Gasteiger charge is 2.39. The van der Waals surface area contributed by atoms with Crippen molar-refractivity contribution in [3.8, 4) is 0 Å². The largest absolute Gasteiger partial charge is 0.481 e. The predicted molar refractivity (Wildman–Crippen MR) is 58.4 cm³/mol. The maximum Gasteiger partial charge on any atom is 0.406 e. The highest BCUT2D eigenvalue weighted by molar-refractivity contribution is 5.72. The Hall–Kier alpha value is -1.40. The minimum absolute atomic E-state index is 0.0990. The van der Waals surface area contributed by atoms with Gasteiger partial charge < -0.3 is 15.2 Å². The zero-order valence-electron chi connectivity index (χ0n) is 10.1. The molecule has 0 aliphatic heterocycles. The SMILES string of the molecule is COC(=O)NCC(C(=O)O)C1CCC(F)(F)CC1. The Kier molecular flexibility index (Phi) is 4.86. The van der Waals surface area contributed by atoms with Crippen molar-refractivity contribution < 1.29 is 28.2 Å². The predicted octanol–water partition coefficient (Wildman–Crippen LogP) is 1.87. The van der Waals surface area contributed by atoms with Crippen molar-refractivity contribution in [3.05, 3.63) is 0 Å². The molecule has 1 unspecified atom stereocenters. The van der Waals surface area contributed by atoms with Crippen molar-refractivity contribution in [1.29, 1.82) is 0 Å². The van der Waals surface area contributed by atoms with Gasteiger partial charge in [-0.25, -0.2) is 13.6 Å². The van der Waals surface area contributed by atoms with Crippen LogP contribution in [0.5, 0.6) is 0 Å². The van der Waals surface area contributed by atoms with E-state index in [9.17, 15) is 18.4 Å². The summed E-state index contributed by atoms with van der Waals surface area (Å²) in [6.07, 6.45) is -0.985. The van der Waals surface area contributed by atoms with Gasteiger partial charge in [-0.15, -0.1) is 0 Å². The average molecular weight is 265 g/mol. The van der Waals surface area contributed by atoms with Crippen LogP contribution in [0, 0.1) is 11.8 Å². The quantitative estimate of drug-likeness (QED) is 0.813. The summed E-state index contributed by atoms with van der Waals surface area (Å²) in [4.78, 5) is 22.0. The van der Waals surface area contributed by atoms with Crippen molar-refractivity contribution >= 4 is 12.1 Å². The molecule has 0 aromatic rings. The Bertz CT molecular complexity index is 312. The molecule has 1 rings (SSSR count). The van der Waals surface area contributed by atoms with E-state index in [1.165, 1.54) is 7.11 Å². The number of hydrogen-bond donors (Lipinski definition) is 2. The molecular weight excluding hydrogens is 248 g/mol. The standard InChI is InChI=1S/C11H17F2NO4/c1-18-10(17)14-6-8(9(15)16)7-2-4-11(12,13)5-3-7/h7-8H,2-6H2,1H3,(H,14,17)(H,15,16). The van der Waals surface area contributed by atoms with Gasteiger partial charge in [0.1, 0.15) is 0 Å². The monoisotopic (exact) mass is 265 g/mol. The van der Waals surface area contributed by atoms with Crippen molar-refractivity contribution in [3.63, 3.8) is 0 Å². The van der Waals surface area contributed by atoms with Crippen LogP contribution >= 0.6 is 0 Å². The lowest BCUT2D eigenvalue weighted by atomic mass is 9.78. The minimum Gasteiger partial charge on any atom is -0.481 e. The molecule has 18 heavy (non-hydrogen) atoms. The Morgan fingerprint density at radius 1 is 1.44 bits per heavy atom. The van der Waals surface area contributed by atoms with Gasteiger partial charge in [-0.05, 0) is 18.8 Å². The first kappa shape index (κ1) is 14.7. The fraction of sp³-hybridized carbons (Fsp3) is 0.818. The van der Waals surface area contributed by atoms with Crippen molar-refractivity contribution in [1.82, 2.24) is 5.32 Å². The summed E-state index contributed by atoms with van der Waals surface area (Å²) in [5.41, 5.74) is 0. The smallest absolute Gasteiger partial charge is 0.406 e. The molecule has 1 aliphatic rings. The Balaban J connectivity index is 2.52. The number of nitrogens with one attached hydrogen (secondary N) is 1. The van der Waals surface area contributed by atoms with Crippen LogP contribution in [0.4, 0.5) is 13.6 Å². The average Bonchev–Trinajstić information content (AvgIpc) is 2.30. The Morgan fingerprint density at radius 2 is 2.00 bits per heavy atom. The molecule has 1 atom stereocenters. The molecule has 1 fully saturated rings. The third-order valence-electron chi connectivity index (χ3n) is 3.30. The maximum absolute atomic E-state index is 13.0. The van der Waals surface area contributed by atoms with Crippen LogP contribution in [0.3, 0.4) is 0 Å². The van der Waals surface area contributed by atoms with E-state index in [0.29, 0.717) is 0 Å². The number of methoxy groups -OCH3 is 1. The van der Waals surface area contributed by atoms with Gasteiger partial charge in [-0.1, -0.05) is 0 Å². The van der Waals surface area contributed by atoms with E-state index in [1.54, 1.807) is 0 Å². The van der Waals surface area contributed by atoms with Crippen molar-refractivity contribution in [2.24, 2.45) is 11.8 Å². The molecule has 0 saturated heterocycles. The molecule has 2 N–H and O–H groups in total. The van der Waals surface area contributed by atoms with Crippen molar-refractivity contribution in [2.75, 3.05) is 13.7 Å². The van der Waals surface area contributed by atoms with E-state index in [0.717, 1.165) is 0 Å². The second-order valence-corrected chi connectivity index (χ2v) is 4.51. The summed E-state index contributed by atoms with van der Waals surface area (Å²) in [5, 5.41) is 11.4. The molecule has 5 nitrogen and oxygen atoms in total. The summed E-state index contributed by atoms with van der Waals surface area (Å²) < 4.78 is 30.3. The van der Waals surface area contributed by atoms with Gasteiger partial charge in [0.15, 0.2) is 0 Å². The normalized spacial score (nSPS) is 21.1. The first-order chi connectivity index (χ1) is 8.35. The number of rotatable bonds is 4. The molecule has 1 amide bonds. The number of carbonyl (C=O) groups excluding carboxylic acids is 1. The highest BCUT2D eigenvalue weighted by Crippen LogP contribution is 2.39. The van der Waals surface area contributed by atoms with E-state index in [-0.39, 0.29) is 38.1 Å². The zero-order chi connectivity index (χ0) is 13.8. The third-order valence-corrected chi connectivity index (χ3v) is 3.30. The molecule has 0 spiro atoms. The van der Waals surface area contributed by atoms with Gasteiger partial charge in [0.25, 0.3) is 0 Å². The van der Waals surface area contributed by atoms with E-state index in [4.69, 9.17) is 5.11 Å². The number of aliphatic carboxylic acids is 1. The fourth-order valence-corrected chi connectivity index (χ4v) is 2.19. The van der Waals surface area contributed by atoms with E-state index >= 15 is 0 Å². The van der Waals surface area contributed by atoms with Crippen LogP contribution in [0.2, 0.25) is 0 Å². The Morgan fingerprint density at radius 3 is 2.44 bits per heavy atom. The summed E-state index contributed by atoms with van der Waals surface area (Å²) in [7, 11) is 1.17. The van der Waals surface area contributed by atoms with E-state index in [2.05, 4.69) is 10.1 Å². The van der Waals surface area contributed by atoms with Gasteiger partial charge >= 0.3 is 12.1 Å². The highest BCUT2D eigenvalue weighted by atomic mass is 19.3. The molecule has 0 heterocycles. The van der Waals surface area contributed by atoms with Gasteiger partial charge in [-0.2, -0.15) is 0 Å². The lowest BCUT2D eigenvalue weighted by molar-refractivity contribution is -0.145. The van der Waals surface area contributed by atoms with Crippen LogP contribution in [-0.4, -0.2) is 36.7 Å². The number of carboxylic acids is 1. The molecular formula is C11H17F2NO4. The van der Waals surface area contributed by atoms with Crippen LogP contribution in [0.1, 0.15) is 25.7 Å². The molecule has 7 heteroatoms. The molecule has 0 radical (unpaired) electrons. The van der Waals surface area contributed by atoms with E-state index < -0.39 is 23.9 Å². The molecule has 104 valence electrons. The fourth-order valence-electron chi connectivity index (χ4n) is 2.19. The second kappa shape index (κ2) is 5.97. The summed E-state index contributed by atoms with van der Waals surface area (Å²) in [6.45, 7) is -0.0990. The number of amides is 1. The first-order valence-electron chi connectivity index (χ1n) is 5.78. The summed E-state index contributed by atoms with van der Waals surface area (Å²) in [6, 6.07) is 0. The molecule has 0 aromatic carbocycles. The lowest BCUT2D eigenvalue weighted by Gasteiger charge is -2.31. The molecule has 0 bridgehead atoms. The van der Waals surface area contributed by atoms with Crippen LogP contribution < -0.4 is 5.32 Å². The molecule has 1 aliphatic carbocycles. The molecule has 0 aromatic heterocycles. The zero-order valence-corrected chi connectivity index (χ0v) is 10.1. The maximum atomic E-state index is 13.0.